The second-order valence-electron chi connectivity index (χ2n) is 8.49. The van der Waals surface area contributed by atoms with Gasteiger partial charge in [-0.05, 0) is 67.8 Å². The zero-order valence-corrected chi connectivity index (χ0v) is 19.3. The van der Waals surface area contributed by atoms with Crippen LogP contribution >= 0.6 is 0 Å². The summed E-state index contributed by atoms with van der Waals surface area (Å²) in [6.07, 6.45) is 1.77. The number of aliphatic imine (C=N–C) groups is 1. The Bertz CT molecular complexity index is 1390. The molecule has 7 heteroatoms. The summed E-state index contributed by atoms with van der Waals surface area (Å²) in [6, 6.07) is 12.9. The molecule has 1 aromatic heterocycles. The highest BCUT2D eigenvalue weighted by Crippen LogP contribution is 2.37. The van der Waals surface area contributed by atoms with Crippen molar-refractivity contribution in [3.8, 4) is 11.1 Å². The SMILES string of the molecule is CC(C)S(=O)(=O)Cc1ccc2c(c1)-c1cn(C)c(=O)cc1[C@H](C)N=C2c1ccc(F)cc1. The largest absolute Gasteiger partial charge is 0.318 e. The van der Waals surface area contributed by atoms with Gasteiger partial charge in [0, 0.05) is 36.0 Å². The highest BCUT2D eigenvalue weighted by Gasteiger charge is 2.25. The molecule has 1 aliphatic rings. The van der Waals surface area contributed by atoms with Gasteiger partial charge in [-0.2, -0.15) is 0 Å². The van der Waals surface area contributed by atoms with Crippen LogP contribution in [0.3, 0.4) is 0 Å². The number of aromatic nitrogens is 1. The molecule has 1 aliphatic heterocycles. The second kappa shape index (κ2) is 8.13. The predicted octanol–water partition coefficient (Wildman–Crippen LogP) is 4.43. The Morgan fingerprint density at radius 2 is 1.72 bits per heavy atom. The summed E-state index contributed by atoms with van der Waals surface area (Å²) in [5, 5.41) is -0.481. The summed E-state index contributed by atoms with van der Waals surface area (Å²) < 4.78 is 40.2. The van der Waals surface area contributed by atoms with Crippen molar-refractivity contribution in [2.45, 2.75) is 37.8 Å². The summed E-state index contributed by atoms with van der Waals surface area (Å²) in [7, 11) is -1.60. The number of nitrogens with zero attached hydrogens (tertiary/aromatic N) is 2. The quantitative estimate of drug-likeness (QED) is 0.588. The average Bonchev–Trinajstić information content (AvgIpc) is 2.84. The molecule has 0 fully saturated rings. The van der Waals surface area contributed by atoms with Crippen molar-refractivity contribution in [1.82, 2.24) is 4.57 Å². The molecule has 4 rings (SSSR count). The molecule has 0 saturated heterocycles. The summed E-state index contributed by atoms with van der Waals surface area (Å²) in [5.74, 6) is -0.408. The van der Waals surface area contributed by atoms with Gasteiger partial charge in [0.05, 0.1) is 22.8 Å². The van der Waals surface area contributed by atoms with Crippen LogP contribution < -0.4 is 5.56 Å². The molecule has 0 amide bonds. The van der Waals surface area contributed by atoms with E-state index in [-0.39, 0.29) is 23.2 Å². The molecule has 0 unspecified atom stereocenters. The van der Waals surface area contributed by atoms with Crippen molar-refractivity contribution in [3.63, 3.8) is 0 Å². The molecule has 32 heavy (non-hydrogen) atoms. The van der Waals surface area contributed by atoms with Gasteiger partial charge in [0.15, 0.2) is 9.84 Å². The van der Waals surface area contributed by atoms with Gasteiger partial charge < -0.3 is 4.57 Å². The number of hydrogen-bond donors (Lipinski definition) is 0. The van der Waals surface area contributed by atoms with E-state index in [0.29, 0.717) is 11.3 Å². The Balaban J connectivity index is 1.98. The molecule has 0 aliphatic carbocycles. The molecule has 0 saturated carbocycles. The van der Waals surface area contributed by atoms with E-state index in [4.69, 9.17) is 4.99 Å². The van der Waals surface area contributed by atoms with Crippen LogP contribution in [0, 0.1) is 5.82 Å². The van der Waals surface area contributed by atoms with E-state index in [1.54, 1.807) is 51.4 Å². The summed E-state index contributed by atoms with van der Waals surface area (Å²) in [5.41, 5.74) is 5.18. The van der Waals surface area contributed by atoms with Crippen LogP contribution in [0.15, 0.2) is 64.5 Å². The summed E-state index contributed by atoms with van der Waals surface area (Å²) >= 11 is 0. The highest BCUT2D eigenvalue weighted by atomic mass is 32.2. The van der Waals surface area contributed by atoms with E-state index in [1.165, 1.54) is 16.7 Å². The topological polar surface area (TPSA) is 68.5 Å². The summed E-state index contributed by atoms with van der Waals surface area (Å²) in [6.45, 7) is 5.26. The number of sulfone groups is 1. The third-order valence-corrected chi connectivity index (χ3v) is 8.04. The molecule has 3 aromatic rings. The third kappa shape index (κ3) is 4.05. The van der Waals surface area contributed by atoms with Crippen molar-refractivity contribution >= 4 is 15.5 Å². The van der Waals surface area contributed by atoms with Gasteiger partial charge in [0.25, 0.3) is 5.56 Å². The van der Waals surface area contributed by atoms with Crippen LogP contribution in [-0.2, 0) is 22.6 Å². The molecular formula is C25H25FN2O3S. The van der Waals surface area contributed by atoms with E-state index in [0.717, 1.165) is 27.8 Å². The van der Waals surface area contributed by atoms with Gasteiger partial charge in [0.2, 0.25) is 0 Å². The minimum atomic E-state index is -3.29. The van der Waals surface area contributed by atoms with Crippen molar-refractivity contribution in [3.05, 3.63) is 93.2 Å². The normalized spacial score (nSPS) is 15.7. The number of aryl methyl sites for hydroxylation is 1. The van der Waals surface area contributed by atoms with Gasteiger partial charge in [0.1, 0.15) is 5.82 Å². The van der Waals surface area contributed by atoms with Gasteiger partial charge in [-0.1, -0.05) is 12.1 Å². The minimum absolute atomic E-state index is 0.0718. The molecule has 0 bridgehead atoms. The standard InChI is InChI=1S/C25H25FN2O3S/c1-15(2)32(30,31)14-17-5-10-20-22(11-17)23-13-28(4)24(29)12-21(23)16(3)27-25(20)18-6-8-19(26)9-7-18/h5-13,15-16H,14H2,1-4H3/t16-/m0/s1. The maximum Gasteiger partial charge on any atom is 0.250 e. The number of benzene rings is 2. The predicted molar refractivity (Wildman–Crippen MR) is 125 cm³/mol. The Labute approximate surface area is 187 Å². The lowest BCUT2D eigenvalue weighted by molar-refractivity contribution is 0.586. The number of fused-ring (bicyclic) bond motifs is 3. The average molecular weight is 453 g/mol. The Morgan fingerprint density at radius 3 is 2.38 bits per heavy atom. The lowest BCUT2D eigenvalue weighted by Crippen LogP contribution is -2.17. The first kappa shape index (κ1) is 22.1. The maximum atomic E-state index is 13.6. The fraction of sp³-hybridized carbons (Fsp3) is 0.280. The fourth-order valence-corrected chi connectivity index (χ4v) is 4.87. The first-order valence-corrected chi connectivity index (χ1v) is 12.2. The van der Waals surface area contributed by atoms with Gasteiger partial charge >= 0.3 is 0 Å². The van der Waals surface area contributed by atoms with E-state index in [2.05, 4.69) is 0 Å². The molecule has 0 radical (unpaired) electrons. The van der Waals surface area contributed by atoms with Crippen LogP contribution in [0.5, 0.6) is 0 Å². The molecule has 166 valence electrons. The third-order valence-electron chi connectivity index (χ3n) is 5.87. The van der Waals surface area contributed by atoms with Crippen LogP contribution in [0.25, 0.3) is 11.1 Å². The number of rotatable bonds is 4. The Kier molecular flexibility index (Phi) is 5.63. The van der Waals surface area contributed by atoms with Crippen molar-refractivity contribution in [2.75, 3.05) is 0 Å². The van der Waals surface area contributed by atoms with Crippen LogP contribution in [-0.4, -0.2) is 23.9 Å². The van der Waals surface area contributed by atoms with Crippen molar-refractivity contribution in [2.24, 2.45) is 12.0 Å². The number of pyridine rings is 1. The van der Waals surface area contributed by atoms with E-state index < -0.39 is 15.1 Å². The Morgan fingerprint density at radius 1 is 1.03 bits per heavy atom. The van der Waals surface area contributed by atoms with Gasteiger partial charge in [-0.3, -0.25) is 9.79 Å². The zero-order chi connectivity index (χ0) is 23.2. The van der Waals surface area contributed by atoms with E-state index >= 15 is 0 Å². The Hall–Kier alpha value is -3.06. The smallest absolute Gasteiger partial charge is 0.250 e. The molecule has 2 aromatic carbocycles. The molecule has 0 N–H and O–H groups in total. The molecular weight excluding hydrogens is 427 g/mol. The number of hydrogen-bond acceptors (Lipinski definition) is 4. The zero-order valence-electron chi connectivity index (χ0n) is 18.5. The maximum absolute atomic E-state index is 13.6. The minimum Gasteiger partial charge on any atom is -0.318 e. The monoisotopic (exact) mass is 452 g/mol. The number of halogens is 1. The molecule has 0 spiro atoms. The van der Waals surface area contributed by atoms with Crippen molar-refractivity contribution < 1.29 is 12.8 Å². The van der Waals surface area contributed by atoms with Crippen LogP contribution in [0.2, 0.25) is 0 Å². The fourth-order valence-electron chi connectivity index (χ4n) is 3.90. The van der Waals surface area contributed by atoms with Crippen molar-refractivity contribution in [1.29, 1.82) is 0 Å². The summed E-state index contributed by atoms with van der Waals surface area (Å²) in [4.78, 5) is 17.3. The van der Waals surface area contributed by atoms with Crippen LogP contribution in [0.4, 0.5) is 4.39 Å². The highest BCUT2D eigenvalue weighted by molar-refractivity contribution is 7.91. The lowest BCUT2D eigenvalue weighted by Gasteiger charge is -2.15. The lowest BCUT2D eigenvalue weighted by atomic mass is 9.91. The van der Waals surface area contributed by atoms with Crippen LogP contribution in [0.1, 0.15) is 49.1 Å². The van der Waals surface area contributed by atoms with Gasteiger partial charge in [-0.15, -0.1) is 0 Å². The first-order chi connectivity index (χ1) is 15.1. The van der Waals surface area contributed by atoms with Gasteiger partial charge in [-0.25, -0.2) is 12.8 Å². The molecule has 5 nitrogen and oxygen atoms in total. The second-order valence-corrected chi connectivity index (χ2v) is 11.0. The van der Waals surface area contributed by atoms with E-state index in [9.17, 15) is 17.6 Å². The molecule has 2 heterocycles. The molecule has 1 atom stereocenters. The van der Waals surface area contributed by atoms with E-state index in [1.807, 2.05) is 19.1 Å². The first-order valence-electron chi connectivity index (χ1n) is 10.5.